The number of nitrogens with one attached hydrogen (secondary N) is 1. The predicted octanol–water partition coefficient (Wildman–Crippen LogP) is 5.36. The zero-order valence-corrected chi connectivity index (χ0v) is 13.5. The smallest absolute Gasteiger partial charge is 0.0982 e. The van der Waals surface area contributed by atoms with Crippen molar-refractivity contribution in [2.75, 3.05) is 5.32 Å². The number of halogens is 2. The third-order valence-electron chi connectivity index (χ3n) is 2.53. The highest BCUT2D eigenvalue weighted by molar-refractivity contribution is 7.09. The van der Waals surface area contributed by atoms with E-state index in [1.165, 1.54) is 0 Å². The van der Waals surface area contributed by atoms with E-state index in [4.69, 9.17) is 23.2 Å². The molecular formula is C14H16Cl2N2S. The van der Waals surface area contributed by atoms with E-state index in [1.54, 1.807) is 17.4 Å². The zero-order valence-electron chi connectivity index (χ0n) is 11.1. The van der Waals surface area contributed by atoms with E-state index < -0.39 is 0 Å². The Morgan fingerprint density at radius 1 is 1.16 bits per heavy atom. The summed E-state index contributed by atoms with van der Waals surface area (Å²) in [5.41, 5.74) is 2.04. The van der Waals surface area contributed by atoms with Crippen molar-refractivity contribution in [2.45, 2.75) is 32.7 Å². The van der Waals surface area contributed by atoms with Crippen molar-refractivity contribution in [1.29, 1.82) is 0 Å². The lowest BCUT2D eigenvalue weighted by Crippen LogP contribution is -2.11. The van der Waals surface area contributed by atoms with Crippen LogP contribution in [-0.4, -0.2) is 4.98 Å². The molecule has 1 aromatic heterocycles. The molecule has 102 valence electrons. The van der Waals surface area contributed by atoms with Crippen LogP contribution in [0.2, 0.25) is 10.0 Å². The first-order valence-corrected chi connectivity index (χ1v) is 7.63. The van der Waals surface area contributed by atoms with Gasteiger partial charge in [0.1, 0.15) is 0 Å². The highest BCUT2D eigenvalue weighted by Crippen LogP contribution is 2.26. The molecule has 0 atom stereocenters. The predicted molar refractivity (Wildman–Crippen MR) is 84.6 cm³/mol. The Balaban J connectivity index is 2.04. The molecule has 0 bridgehead atoms. The Hall–Kier alpha value is -0.770. The summed E-state index contributed by atoms with van der Waals surface area (Å²) in [6.45, 7) is 7.17. The molecular weight excluding hydrogens is 299 g/mol. The third kappa shape index (κ3) is 4.10. The van der Waals surface area contributed by atoms with Gasteiger partial charge >= 0.3 is 0 Å². The Kier molecular flexibility index (Phi) is 4.39. The number of anilines is 1. The minimum absolute atomic E-state index is 0.0995. The van der Waals surface area contributed by atoms with Gasteiger partial charge < -0.3 is 5.32 Å². The summed E-state index contributed by atoms with van der Waals surface area (Å²) in [6.07, 6.45) is 0. The van der Waals surface area contributed by atoms with E-state index in [0.717, 1.165) is 16.4 Å². The number of hydrogen-bond donors (Lipinski definition) is 1. The fraction of sp³-hybridized carbons (Fsp3) is 0.357. The molecule has 19 heavy (non-hydrogen) atoms. The van der Waals surface area contributed by atoms with Crippen LogP contribution in [0, 0.1) is 0 Å². The maximum absolute atomic E-state index is 5.96. The highest BCUT2D eigenvalue weighted by atomic mass is 35.5. The quantitative estimate of drug-likeness (QED) is 0.825. The van der Waals surface area contributed by atoms with Crippen LogP contribution in [0.4, 0.5) is 5.69 Å². The summed E-state index contributed by atoms with van der Waals surface area (Å²) in [5.74, 6) is 0. The van der Waals surface area contributed by atoms with Gasteiger partial charge in [0.15, 0.2) is 0 Å². The van der Waals surface area contributed by atoms with Gasteiger partial charge in [-0.05, 0) is 18.2 Å². The lowest BCUT2D eigenvalue weighted by Gasteiger charge is -2.13. The minimum Gasteiger partial charge on any atom is -0.379 e. The van der Waals surface area contributed by atoms with Crippen molar-refractivity contribution >= 4 is 40.2 Å². The van der Waals surface area contributed by atoms with Gasteiger partial charge in [0.25, 0.3) is 0 Å². The summed E-state index contributed by atoms with van der Waals surface area (Å²) >= 11 is 13.6. The normalized spacial score (nSPS) is 11.6. The minimum atomic E-state index is 0.0995. The molecule has 5 heteroatoms. The van der Waals surface area contributed by atoms with E-state index in [0.29, 0.717) is 16.6 Å². The van der Waals surface area contributed by atoms with E-state index in [9.17, 15) is 0 Å². The molecule has 0 amide bonds. The number of benzene rings is 1. The first-order chi connectivity index (χ1) is 8.84. The number of hydrogen-bond acceptors (Lipinski definition) is 3. The largest absolute Gasteiger partial charge is 0.379 e. The van der Waals surface area contributed by atoms with E-state index in [2.05, 4.69) is 36.5 Å². The molecule has 0 aliphatic carbocycles. The first-order valence-electron chi connectivity index (χ1n) is 5.99. The second kappa shape index (κ2) is 5.70. The van der Waals surface area contributed by atoms with Gasteiger partial charge in [-0.3, -0.25) is 0 Å². The molecule has 0 unspecified atom stereocenters. The number of thiazole rings is 1. The van der Waals surface area contributed by atoms with Gasteiger partial charge in [-0.2, -0.15) is 0 Å². The molecule has 2 aromatic rings. The average molecular weight is 315 g/mol. The van der Waals surface area contributed by atoms with Crippen molar-refractivity contribution in [3.05, 3.63) is 44.3 Å². The molecule has 0 saturated heterocycles. The lowest BCUT2D eigenvalue weighted by molar-refractivity contribution is 0.583. The molecule has 1 aromatic carbocycles. The van der Waals surface area contributed by atoms with Crippen molar-refractivity contribution in [1.82, 2.24) is 4.98 Å². The second-order valence-corrected chi connectivity index (χ2v) is 7.14. The Labute approximate surface area is 127 Å². The Morgan fingerprint density at radius 3 is 2.32 bits per heavy atom. The summed E-state index contributed by atoms with van der Waals surface area (Å²) in [5, 5.41) is 7.77. The van der Waals surface area contributed by atoms with Crippen LogP contribution in [0.5, 0.6) is 0 Å². The van der Waals surface area contributed by atoms with Gasteiger partial charge in [-0.25, -0.2) is 4.98 Å². The molecule has 0 spiro atoms. The van der Waals surface area contributed by atoms with Gasteiger partial charge in [0.05, 0.1) is 17.2 Å². The molecule has 2 nitrogen and oxygen atoms in total. The zero-order chi connectivity index (χ0) is 14.0. The van der Waals surface area contributed by atoms with Crippen LogP contribution >= 0.6 is 34.5 Å². The molecule has 2 rings (SSSR count). The van der Waals surface area contributed by atoms with Crippen molar-refractivity contribution in [2.24, 2.45) is 0 Å². The van der Waals surface area contributed by atoms with Crippen LogP contribution < -0.4 is 5.32 Å². The molecule has 0 saturated carbocycles. The van der Waals surface area contributed by atoms with Crippen LogP contribution in [0.15, 0.2) is 23.6 Å². The maximum atomic E-state index is 5.96. The lowest BCUT2D eigenvalue weighted by atomic mass is 9.98. The van der Waals surface area contributed by atoms with Crippen molar-refractivity contribution in [3.8, 4) is 0 Å². The number of rotatable bonds is 3. The topological polar surface area (TPSA) is 24.9 Å². The van der Waals surface area contributed by atoms with Gasteiger partial charge in [0, 0.05) is 26.5 Å². The number of nitrogens with zero attached hydrogens (tertiary/aromatic N) is 1. The van der Waals surface area contributed by atoms with Gasteiger partial charge in [0.2, 0.25) is 0 Å². The van der Waals surface area contributed by atoms with E-state index in [1.807, 2.05) is 12.1 Å². The van der Waals surface area contributed by atoms with E-state index >= 15 is 0 Å². The van der Waals surface area contributed by atoms with Gasteiger partial charge in [-0.15, -0.1) is 11.3 Å². The molecule has 0 aliphatic heterocycles. The highest BCUT2D eigenvalue weighted by Gasteiger charge is 2.17. The molecule has 0 aliphatic rings. The monoisotopic (exact) mass is 314 g/mol. The Morgan fingerprint density at radius 2 is 1.79 bits per heavy atom. The van der Waals surface area contributed by atoms with E-state index in [-0.39, 0.29) is 5.41 Å². The summed E-state index contributed by atoms with van der Waals surface area (Å²) in [6, 6.07) is 5.42. The molecule has 0 radical (unpaired) electrons. The average Bonchev–Trinajstić information content (AvgIpc) is 2.73. The number of aromatic nitrogens is 1. The standard InChI is InChI=1S/C14H16Cl2N2S/c1-14(2,3)13-18-12(8-19-13)7-17-11-5-9(15)4-10(16)6-11/h4-6,8,17H,7H2,1-3H3. The second-order valence-electron chi connectivity index (χ2n) is 5.41. The van der Waals surface area contributed by atoms with Crippen molar-refractivity contribution < 1.29 is 0 Å². The molecule has 1 N–H and O–H groups in total. The van der Waals surface area contributed by atoms with Crippen LogP contribution in [0.3, 0.4) is 0 Å². The third-order valence-corrected chi connectivity index (χ3v) is 4.28. The van der Waals surface area contributed by atoms with Crippen LogP contribution in [0.25, 0.3) is 0 Å². The van der Waals surface area contributed by atoms with Crippen LogP contribution in [0.1, 0.15) is 31.5 Å². The first kappa shape index (κ1) is 14.6. The fourth-order valence-electron chi connectivity index (χ4n) is 1.58. The van der Waals surface area contributed by atoms with Crippen LogP contribution in [-0.2, 0) is 12.0 Å². The maximum Gasteiger partial charge on any atom is 0.0982 e. The summed E-state index contributed by atoms with van der Waals surface area (Å²) in [7, 11) is 0. The fourth-order valence-corrected chi connectivity index (χ4v) is 3.01. The van der Waals surface area contributed by atoms with Crippen molar-refractivity contribution in [3.63, 3.8) is 0 Å². The van der Waals surface area contributed by atoms with Gasteiger partial charge in [-0.1, -0.05) is 44.0 Å². The SMILES string of the molecule is CC(C)(C)c1nc(CNc2cc(Cl)cc(Cl)c2)cs1. The summed E-state index contributed by atoms with van der Waals surface area (Å²) in [4.78, 5) is 4.63. The Bertz CT molecular complexity index is 553. The molecule has 1 heterocycles. The summed E-state index contributed by atoms with van der Waals surface area (Å²) < 4.78 is 0. The molecule has 0 fully saturated rings.